The minimum Gasteiger partial charge on any atom is -0.493 e. The summed E-state index contributed by atoms with van der Waals surface area (Å²) in [5.74, 6) is 2.90. The molecule has 23 heavy (non-hydrogen) atoms. The standard InChI is InChI=1S/C15H16N4O3S/c1-19-7-6-16-15(19)23-9-13-17-14(18-22-13)10-4-5-11(20-2)12(8-10)21-3/h4-8H,9H2,1-3H3. The van der Waals surface area contributed by atoms with Crippen molar-refractivity contribution < 1.29 is 14.0 Å². The second-order valence-electron chi connectivity index (χ2n) is 4.69. The smallest absolute Gasteiger partial charge is 0.237 e. The molecule has 3 aromatic rings. The van der Waals surface area contributed by atoms with Crippen molar-refractivity contribution in [1.29, 1.82) is 0 Å². The molecule has 0 aliphatic rings. The summed E-state index contributed by atoms with van der Waals surface area (Å²) in [4.78, 5) is 8.65. The highest BCUT2D eigenvalue weighted by molar-refractivity contribution is 7.98. The number of hydrogen-bond donors (Lipinski definition) is 0. The zero-order chi connectivity index (χ0) is 16.2. The van der Waals surface area contributed by atoms with E-state index in [-0.39, 0.29) is 0 Å². The highest BCUT2D eigenvalue weighted by atomic mass is 32.2. The summed E-state index contributed by atoms with van der Waals surface area (Å²) in [6, 6.07) is 5.49. The van der Waals surface area contributed by atoms with Gasteiger partial charge < -0.3 is 18.6 Å². The van der Waals surface area contributed by atoms with Gasteiger partial charge in [0.1, 0.15) is 0 Å². The molecule has 0 aliphatic heterocycles. The lowest BCUT2D eigenvalue weighted by Crippen LogP contribution is -1.92. The van der Waals surface area contributed by atoms with Gasteiger partial charge in [0.15, 0.2) is 16.7 Å². The Kier molecular flexibility index (Phi) is 4.52. The first-order chi connectivity index (χ1) is 11.2. The summed E-state index contributed by atoms with van der Waals surface area (Å²) in [5.41, 5.74) is 0.805. The van der Waals surface area contributed by atoms with E-state index in [2.05, 4.69) is 15.1 Å². The number of aryl methyl sites for hydroxylation is 1. The quantitative estimate of drug-likeness (QED) is 0.642. The van der Waals surface area contributed by atoms with Gasteiger partial charge in [-0.2, -0.15) is 4.98 Å². The van der Waals surface area contributed by atoms with Crippen molar-refractivity contribution in [3.8, 4) is 22.9 Å². The van der Waals surface area contributed by atoms with Gasteiger partial charge in [-0.05, 0) is 18.2 Å². The van der Waals surface area contributed by atoms with Gasteiger partial charge in [-0.15, -0.1) is 0 Å². The van der Waals surface area contributed by atoms with Gasteiger partial charge in [-0.1, -0.05) is 16.9 Å². The van der Waals surface area contributed by atoms with Crippen molar-refractivity contribution in [2.24, 2.45) is 7.05 Å². The molecule has 0 atom stereocenters. The number of methoxy groups -OCH3 is 2. The molecule has 7 nitrogen and oxygen atoms in total. The monoisotopic (exact) mass is 332 g/mol. The van der Waals surface area contributed by atoms with Gasteiger partial charge in [0.2, 0.25) is 11.7 Å². The second kappa shape index (κ2) is 6.74. The average molecular weight is 332 g/mol. The summed E-state index contributed by atoms with van der Waals surface area (Å²) in [6.45, 7) is 0. The first-order valence-corrected chi connectivity index (χ1v) is 7.85. The molecule has 8 heteroatoms. The summed E-state index contributed by atoms with van der Waals surface area (Å²) in [5, 5.41) is 4.92. The number of rotatable bonds is 6. The Hall–Kier alpha value is -2.48. The van der Waals surface area contributed by atoms with Crippen molar-refractivity contribution in [2.45, 2.75) is 10.9 Å². The number of aromatic nitrogens is 4. The van der Waals surface area contributed by atoms with Crippen LogP contribution in [0.2, 0.25) is 0 Å². The minimum absolute atomic E-state index is 0.515. The molecule has 0 unspecified atom stereocenters. The van der Waals surface area contributed by atoms with Crippen LogP contribution in [0.15, 0.2) is 40.3 Å². The summed E-state index contributed by atoms with van der Waals surface area (Å²) < 4.78 is 17.7. The minimum atomic E-state index is 0.515. The first-order valence-electron chi connectivity index (χ1n) is 6.86. The van der Waals surface area contributed by atoms with E-state index in [0.29, 0.717) is 29.0 Å². The number of thioether (sulfide) groups is 1. The summed E-state index contributed by atoms with van der Waals surface area (Å²) >= 11 is 1.54. The van der Waals surface area contributed by atoms with E-state index >= 15 is 0 Å². The molecule has 0 amide bonds. The lowest BCUT2D eigenvalue weighted by Gasteiger charge is -2.07. The van der Waals surface area contributed by atoms with Crippen LogP contribution in [-0.2, 0) is 12.8 Å². The third-order valence-electron chi connectivity index (χ3n) is 3.21. The van der Waals surface area contributed by atoms with Crippen molar-refractivity contribution in [1.82, 2.24) is 19.7 Å². The molecule has 0 fully saturated rings. The maximum atomic E-state index is 5.30. The largest absolute Gasteiger partial charge is 0.493 e. The van der Waals surface area contributed by atoms with E-state index in [0.717, 1.165) is 10.7 Å². The molecule has 120 valence electrons. The van der Waals surface area contributed by atoms with Crippen LogP contribution in [0.3, 0.4) is 0 Å². The lowest BCUT2D eigenvalue weighted by atomic mass is 10.2. The van der Waals surface area contributed by atoms with E-state index in [9.17, 15) is 0 Å². The maximum absolute atomic E-state index is 5.30. The number of nitrogens with zero attached hydrogens (tertiary/aromatic N) is 4. The van der Waals surface area contributed by atoms with Crippen molar-refractivity contribution in [3.63, 3.8) is 0 Å². The Labute approximate surface area is 137 Å². The van der Waals surface area contributed by atoms with Crippen LogP contribution in [0, 0.1) is 0 Å². The van der Waals surface area contributed by atoms with Gasteiger partial charge in [0, 0.05) is 25.0 Å². The third-order valence-corrected chi connectivity index (χ3v) is 4.25. The zero-order valence-electron chi connectivity index (χ0n) is 13.0. The van der Waals surface area contributed by atoms with Crippen LogP contribution in [0.1, 0.15) is 5.89 Å². The van der Waals surface area contributed by atoms with Crippen molar-refractivity contribution >= 4 is 11.8 Å². The Morgan fingerprint density at radius 1 is 1.22 bits per heavy atom. The van der Waals surface area contributed by atoms with Gasteiger partial charge in [-0.3, -0.25) is 0 Å². The maximum Gasteiger partial charge on any atom is 0.237 e. The Morgan fingerprint density at radius 3 is 2.74 bits per heavy atom. The van der Waals surface area contributed by atoms with Crippen LogP contribution in [0.25, 0.3) is 11.4 Å². The summed E-state index contributed by atoms with van der Waals surface area (Å²) in [7, 11) is 5.13. The molecule has 0 saturated heterocycles. The van der Waals surface area contributed by atoms with Crippen LogP contribution < -0.4 is 9.47 Å². The van der Waals surface area contributed by atoms with Gasteiger partial charge in [0.25, 0.3) is 0 Å². The van der Waals surface area contributed by atoms with Crippen molar-refractivity contribution in [2.75, 3.05) is 14.2 Å². The fourth-order valence-corrected chi connectivity index (χ4v) is 2.79. The van der Waals surface area contributed by atoms with Gasteiger partial charge in [-0.25, -0.2) is 4.98 Å². The van der Waals surface area contributed by atoms with Crippen LogP contribution >= 0.6 is 11.8 Å². The molecule has 3 rings (SSSR count). The van der Waals surface area contributed by atoms with Gasteiger partial charge >= 0.3 is 0 Å². The van der Waals surface area contributed by atoms with Crippen molar-refractivity contribution in [3.05, 3.63) is 36.5 Å². The Bertz CT molecular complexity index is 800. The second-order valence-corrected chi connectivity index (χ2v) is 5.63. The molecular formula is C15H16N4O3S. The molecule has 2 aromatic heterocycles. The predicted molar refractivity (Wildman–Crippen MR) is 85.6 cm³/mol. The molecular weight excluding hydrogens is 316 g/mol. The Morgan fingerprint density at radius 2 is 2.04 bits per heavy atom. The fraction of sp³-hybridized carbons (Fsp3) is 0.267. The summed E-state index contributed by atoms with van der Waals surface area (Å²) in [6.07, 6.45) is 3.65. The topological polar surface area (TPSA) is 75.2 Å². The number of ether oxygens (including phenoxy) is 2. The zero-order valence-corrected chi connectivity index (χ0v) is 13.8. The molecule has 0 spiro atoms. The molecule has 2 heterocycles. The predicted octanol–water partition coefficient (Wildman–Crippen LogP) is 2.78. The Balaban J connectivity index is 1.75. The average Bonchev–Trinajstić information content (AvgIpc) is 3.21. The normalized spacial score (nSPS) is 10.7. The highest BCUT2D eigenvalue weighted by Crippen LogP contribution is 2.31. The number of hydrogen-bond acceptors (Lipinski definition) is 7. The SMILES string of the molecule is COc1ccc(-c2noc(CSc3nccn3C)n2)cc1OC. The first kappa shape index (κ1) is 15.4. The fourth-order valence-electron chi connectivity index (χ4n) is 2.02. The van der Waals surface area contributed by atoms with Crippen LogP contribution in [0.4, 0.5) is 0 Å². The molecule has 0 bridgehead atoms. The molecule has 0 radical (unpaired) electrons. The van der Waals surface area contributed by atoms with Crippen LogP contribution in [-0.4, -0.2) is 33.9 Å². The molecule has 0 saturated carbocycles. The van der Waals surface area contributed by atoms with E-state index in [1.165, 1.54) is 11.8 Å². The van der Waals surface area contributed by atoms with E-state index in [1.54, 1.807) is 20.4 Å². The van der Waals surface area contributed by atoms with E-state index in [4.69, 9.17) is 14.0 Å². The highest BCUT2D eigenvalue weighted by Gasteiger charge is 2.13. The van der Waals surface area contributed by atoms with E-state index < -0.39 is 0 Å². The molecule has 0 aliphatic carbocycles. The van der Waals surface area contributed by atoms with E-state index in [1.807, 2.05) is 36.0 Å². The van der Waals surface area contributed by atoms with Crippen LogP contribution in [0.5, 0.6) is 11.5 Å². The molecule has 1 aromatic carbocycles. The van der Waals surface area contributed by atoms with Gasteiger partial charge in [0.05, 0.1) is 20.0 Å². The lowest BCUT2D eigenvalue weighted by molar-refractivity contribution is 0.355. The number of imidazole rings is 1. The third kappa shape index (κ3) is 3.31. The molecule has 0 N–H and O–H groups in total. The number of benzene rings is 1.